The molecular weight excluding hydrogens is 460 g/mol. The van der Waals surface area contributed by atoms with Gasteiger partial charge in [-0.25, -0.2) is 12.7 Å². The van der Waals surface area contributed by atoms with Gasteiger partial charge in [-0.3, -0.25) is 4.79 Å². The van der Waals surface area contributed by atoms with Gasteiger partial charge in [0.05, 0.1) is 18.2 Å². The van der Waals surface area contributed by atoms with Gasteiger partial charge in [-0.05, 0) is 53.6 Å². The van der Waals surface area contributed by atoms with E-state index in [9.17, 15) is 13.2 Å². The molecule has 0 spiro atoms. The van der Waals surface area contributed by atoms with E-state index in [-0.39, 0.29) is 29.5 Å². The van der Waals surface area contributed by atoms with Crippen molar-refractivity contribution in [3.05, 3.63) is 64.7 Å². The van der Waals surface area contributed by atoms with E-state index < -0.39 is 10.0 Å². The highest BCUT2D eigenvalue weighted by Crippen LogP contribution is 2.24. The molecule has 0 radical (unpaired) electrons. The van der Waals surface area contributed by atoms with Gasteiger partial charge in [0.15, 0.2) is 0 Å². The van der Waals surface area contributed by atoms with Crippen LogP contribution in [0.25, 0.3) is 0 Å². The van der Waals surface area contributed by atoms with Crippen molar-refractivity contribution in [3.8, 4) is 5.75 Å². The number of ether oxygens (including phenoxy) is 1. The molecule has 0 unspecified atom stereocenters. The fourth-order valence-corrected chi connectivity index (χ4v) is 5.57. The minimum Gasteiger partial charge on any atom is -0.492 e. The van der Waals surface area contributed by atoms with E-state index in [1.807, 2.05) is 12.1 Å². The Morgan fingerprint density at radius 1 is 1.12 bits per heavy atom. The third kappa shape index (κ3) is 7.45. The van der Waals surface area contributed by atoms with Crippen molar-refractivity contribution in [2.24, 2.45) is 5.92 Å². The Morgan fingerprint density at radius 3 is 2.42 bits per heavy atom. The Labute approximate surface area is 202 Å². The van der Waals surface area contributed by atoms with E-state index in [0.717, 1.165) is 5.75 Å². The monoisotopic (exact) mass is 492 g/mol. The first kappa shape index (κ1) is 25.5. The first-order valence-corrected chi connectivity index (χ1v) is 13.3. The number of hydrogen-bond donors (Lipinski definition) is 1. The molecule has 2 aromatic rings. The molecule has 0 saturated carbocycles. The first-order chi connectivity index (χ1) is 15.5. The Balaban J connectivity index is 1.45. The van der Waals surface area contributed by atoms with E-state index in [1.165, 1.54) is 9.87 Å². The summed E-state index contributed by atoms with van der Waals surface area (Å²) >= 11 is 5.88. The summed E-state index contributed by atoms with van der Waals surface area (Å²) < 4.78 is 32.9. The number of carbonyl (C=O) groups excluding carboxylic acids is 1. The molecule has 1 N–H and O–H groups in total. The summed E-state index contributed by atoms with van der Waals surface area (Å²) in [6.07, 6.45) is 1.34. The van der Waals surface area contributed by atoms with E-state index in [4.69, 9.17) is 16.3 Å². The molecule has 3 rings (SSSR count). The second-order valence-corrected chi connectivity index (χ2v) is 11.9. The van der Waals surface area contributed by atoms with E-state index >= 15 is 0 Å². The minimum atomic E-state index is -3.51. The Morgan fingerprint density at radius 2 is 1.79 bits per heavy atom. The number of benzene rings is 2. The van der Waals surface area contributed by atoms with E-state index in [1.54, 1.807) is 24.3 Å². The third-order valence-electron chi connectivity index (χ3n) is 5.80. The molecule has 1 heterocycles. The number of hydrogen-bond acceptors (Lipinski definition) is 4. The number of halogens is 1. The lowest BCUT2D eigenvalue weighted by atomic mass is 9.87. The highest BCUT2D eigenvalue weighted by Gasteiger charge is 2.32. The smallest absolute Gasteiger partial charge is 0.224 e. The van der Waals surface area contributed by atoms with Crippen LogP contribution in [0.2, 0.25) is 5.02 Å². The molecule has 1 fully saturated rings. The molecule has 1 amide bonds. The van der Waals surface area contributed by atoms with Crippen LogP contribution in [-0.4, -0.2) is 44.9 Å². The number of rotatable bonds is 8. The van der Waals surface area contributed by atoms with Crippen molar-refractivity contribution in [2.75, 3.05) is 26.2 Å². The largest absolute Gasteiger partial charge is 0.492 e. The maximum atomic E-state index is 12.9. The molecule has 180 valence electrons. The highest BCUT2D eigenvalue weighted by molar-refractivity contribution is 7.88. The molecule has 0 aromatic heterocycles. The van der Waals surface area contributed by atoms with Gasteiger partial charge in [0.2, 0.25) is 15.9 Å². The minimum absolute atomic E-state index is 0.0860. The fourth-order valence-electron chi connectivity index (χ4n) is 3.83. The average molecular weight is 493 g/mol. The van der Waals surface area contributed by atoms with Crippen LogP contribution in [0.15, 0.2) is 48.5 Å². The molecule has 1 aliphatic rings. The summed E-state index contributed by atoms with van der Waals surface area (Å²) in [5.74, 6) is 0.174. The SMILES string of the molecule is CC(C)(C)c1ccc(OCCNC(=O)[C@H]2CCCN(S(=O)(=O)Cc3ccc(Cl)cc3)C2)cc1. The standard InChI is InChI=1S/C25H33ClN2O4S/c1-25(2,3)21-8-12-23(13-9-21)32-16-14-27-24(29)20-5-4-15-28(17-20)33(30,31)18-19-6-10-22(26)11-7-19/h6-13,20H,4-5,14-18H2,1-3H3,(H,27,29)/t20-/m0/s1. The predicted octanol–water partition coefficient (Wildman–Crippen LogP) is 4.37. The number of amides is 1. The summed E-state index contributed by atoms with van der Waals surface area (Å²) in [5.41, 5.74) is 2.00. The zero-order chi connectivity index (χ0) is 24.1. The van der Waals surface area contributed by atoms with Crippen molar-refractivity contribution < 1.29 is 17.9 Å². The highest BCUT2D eigenvalue weighted by atomic mass is 35.5. The molecule has 0 bridgehead atoms. The third-order valence-corrected chi connectivity index (χ3v) is 7.87. The number of sulfonamides is 1. The maximum absolute atomic E-state index is 12.9. The first-order valence-electron chi connectivity index (χ1n) is 11.3. The van der Waals surface area contributed by atoms with Crippen LogP contribution in [0.5, 0.6) is 5.75 Å². The van der Waals surface area contributed by atoms with Crippen LogP contribution in [0.4, 0.5) is 0 Å². The summed E-state index contributed by atoms with van der Waals surface area (Å²) in [4.78, 5) is 12.6. The molecule has 2 aromatic carbocycles. The fraction of sp³-hybridized carbons (Fsp3) is 0.480. The van der Waals surface area contributed by atoms with Crippen molar-refractivity contribution in [1.29, 1.82) is 0 Å². The average Bonchev–Trinajstić information content (AvgIpc) is 2.78. The quantitative estimate of drug-likeness (QED) is 0.555. The van der Waals surface area contributed by atoms with Crippen LogP contribution >= 0.6 is 11.6 Å². The van der Waals surface area contributed by atoms with Gasteiger partial charge >= 0.3 is 0 Å². The van der Waals surface area contributed by atoms with E-state index in [0.29, 0.717) is 43.1 Å². The van der Waals surface area contributed by atoms with Crippen molar-refractivity contribution >= 4 is 27.5 Å². The van der Waals surface area contributed by atoms with Crippen LogP contribution in [-0.2, 0) is 26.0 Å². The van der Waals surface area contributed by atoms with Gasteiger partial charge in [-0.15, -0.1) is 0 Å². The van der Waals surface area contributed by atoms with Crippen LogP contribution in [0, 0.1) is 5.92 Å². The van der Waals surface area contributed by atoms with Gasteiger partial charge < -0.3 is 10.1 Å². The lowest BCUT2D eigenvalue weighted by Crippen LogP contribution is -2.46. The molecule has 1 saturated heterocycles. The molecular formula is C25H33ClN2O4S. The summed E-state index contributed by atoms with van der Waals surface area (Å²) in [7, 11) is -3.51. The number of nitrogens with one attached hydrogen (secondary N) is 1. The second-order valence-electron chi connectivity index (χ2n) is 9.49. The van der Waals surface area contributed by atoms with Crippen LogP contribution < -0.4 is 10.1 Å². The molecule has 6 nitrogen and oxygen atoms in total. The lowest BCUT2D eigenvalue weighted by Gasteiger charge is -2.31. The molecule has 1 aliphatic heterocycles. The van der Waals surface area contributed by atoms with Gasteiger partial charge in [0.1, 0.15) is 12.4 Å². The molecule has 33 heavy (non-hydrogen) atoms. The van der Waals surface area contributed by atoms with Crippen molar-refractivity contribution in [3.63, 3.8) is 0 Å². The Bertz CT molecular complexity index is 1030. The predicted molar refractivity (Wildman–Crippen MR) is 132 cm³/mol. The lowest BCUT2D eigenvalue weighted by molar-refractivity contribution is -0.126. The van der Waals surface area contributed by atoms with Gasteiger partial charge in [-0.1, -0.05) is 56.6 Å². The molecule has 0 aliphatic carbocycles. The zero-order valence-electron chi connectivity index (χ0n) is 19.5. The van der Waals surface area contributed by atoms with Crippen LogP contribution in [0.3, 0.4) is 0 Å². The maximum Gasteiger partial charge on any atom is 0.224 e. The topological polar surface area (TPSA) is 75.7 Å². The normalized spacial score (nSPS) is 17.5. The number of carbonyl (C=O) groups is 1. The van der Waals surface area contributed by atoms with E-state index in [2.05, 4.69) is 38.2 Å². The Kier molecular flexibility index (Phi) is 8.43. The Hall–Kier alpha value is -2.09. The van der Waals surface area contributed by atoms with Gasteiger partial charge in [0, 0.05) is 18.1 Å². The van der Waals surface area contributed by atoms with Gasteiger partial charge in [0.25, 0.3) is 0 Å². The summed E-state index contributed by atoms with van der Waals surface area (Å²) in [5, 5.41) is 3.45. The van der Waals surface area contributed by atoms with Crippen LogP contribution in [0.1, 0.15) is 44.7 Å². The molecule has 8 heteroatoms. The summed E-state index contributed by atoms with van der Waals surface area (Å²) in [6, 6.07) is 14.8. The number of piperidine rings is 1. The van der Waals surface area contributed by atoms with Crippen molar-refractivity contribution in [2.45, 2.75) is 44.8 Å². The number of nitrogens with zero attached hydrogens (tertiary/aromatic N) is 1. The zero-order valence-corrected chi connectivity index (χ0v) is 21.1. The second kappa shape index (κ2) is 10.9. The summed E-state index contributed by atoms with van der Waals surface area (Å²) in [6.45, 7) is 7.85. The van der Waals surface area contributed by atoms with Gasteiger partial charge in [-0.2, -0.15) is 0 Å². The molecule has 1 atom stereocenters. The van der Waals surface area contributed by atoms with Crippen molar-refractivity contribution in [1.82, 2.24) is 9.62 Å².